The van der Waals surface area contributed by atoms with E-state index in [-0.39, 0.29) is 12.5 Å². The highest BCUT2D eigenvalue weighted by atomic mass is 16.5. The Hall–Kier alpha value is -0.610. The van der Waals surface area contributed by atoms with E-state index < -0.39 is 0 Å². The van der Waals surface area contributed by atoms with E-state index in [1.807, 2.05) is 6.92 Å². The van der Waals surface area contributed by atoms with Crippen LogP contribution in [0.1, 0.15) is 39.0 Å². The first kappa shape index (κ1) is 14.5. The zero-order valence-electron chi connectivity index (χ0n) is 10.9. The molecule has 0 spiro atoms. The number of carbonyl (C=O) groups excluding carboxylic acids is 1. The van der Waals surface area contributed by atoms with E-state index in [0.717, 1.165) is 19.5 Å². The van der Waals surface area contributed by atoms with Crippen LogP contribution in [0.5, 0.6) is 0 Å². The van der Waals surface area contributed by atoms with Crippen molar-refractivity contribution in [3.05, 3.63) is 0 Å². The molecular weight excluding hydrogens is 216 g/mol. The first-order valence-electron chi connectivity index (χ1n) is 6.82. The molecule has 1 aliphatic carbocycles. The molecule has 3 N–H and O–H groups in total. The van der Waals surface area contributed by atoms with Gasteiger partial charge >= 0.3 is 0 Å². The maximum absolute atomic E-state index is 11.5. The number of nitrogens with two attached hydrogens (primary N) is 1. The molecule has 0 aliphatic heterocycles. The first-order chi connectivity index (χ1) is 8.27. The van der Waals surface area contributed by atoms with Gasteiger partial charge in [0.2, 0.25) is 5.91 Å². The highest BCUT2D eigenvalue weighted by Gasteiger charge is 2.23. The van der Waals surface area contributed by atoms with Crippen molar-refractivity contribution in [1.29, 1.82) is 0 Å². The van der Waals surface area contributed by atoms with E-state index in [1.54, 1.807) is 0 Å². The summed E-state index contributed by atoms with van der Waals surface area (Å²) >= 11 is 0. The summed E-state index contributed by atoms with van der Waals surface area (Å²) in [7, 11) is 0. The fraction of sp³-hybridized carbons (Fsp3) is 0.923. The molecule has 1 aliphatic rings. The summed E-state index contributed by atoms with van der Waals surface area (Å²) in [6, 6.07) is 0. The van der Waals surface area contributed by atoms with Crippen LogP contribution in [0.25, 0.3) is 0 Å². The van der Waals surface area contributed by atoms with Gasteiger partial charge in [-0.25, -0.2) is 0 Å². The summed E-state index contributed by atoms with van der Waals surface area (Å²) in [6.45, 7) is 4.38. The van der Waals surface area contributed by atoms with Gasteiger partial charge in [-0.05, 0) is 37.6 Å². The summed E-state index contributed by atoms with van der Waals surface area (Å²) in [5, 5.41) is 2.96. The Bertz CT molecular complexity index is 221. The van der Waals surface area contributed by atoms with Gasteiger partial charge in [0.15, 0.2) is 0 Å². The fourth-order valence-electron chi connectivity index (χ4n) is 2.47. The quantitative estimate of drug-likeness (QED) is 0.661. The Labute approximate surface area is 104 Å². The summed E-state index contributed by atoms with van der Waals surface area (Å²) in [5.41, 5.74) is 5.76. The van der Waals surface area contributed by atoms with Crippen molar-refractivity contribution < 1.29 is 9.53 Å². The molecule has 2 atom stereocenters. The van der Waals surface area contributed by atoms with Crippen LogP contribution >= 0.6 is 0 Å². The molecule has 0 aromatic rings. The summed E-state index contributed by atoms with van der Waals surface area (Å²) in [4.78, 5) is 11.5. The fourth-order valence-corrected chi connectivity index (χ4v) is 2.47. The number of hydrogen-bond acceptors (Lipinski definition) is 3. The van der Waals surface area contributed by atoms with E-state index in [9.17, 15) is 4.79 Å². The summed E-state index contributed by atoms with van der Waals surface area (Å²) in [6.07, 6.45) is 5.90. The van der Waals surface area contributed by atoms with Gasteiger partial charge in [-0.1, -0.05) is 19.8 Å². The number of hydrogen-bond donors (Lipinski definition) is 2. The highest BCUT2D eigenvalue weighted by Crippen LogP contribution is 2.28. The van der Waals surface area contributed by atoms with E-state index >= 15 is 0 Å². The Kier molecular flexibility index (Phi) is 7.21. The molecule has 0 aromatic carbocycles. The predicted molar refractivity (Wildman–Crippen MR) is 68.6 cm³/mol. The van der Waals surface area contributed by atoms with Crippen molar-refractivity contribution in [2.24, 2.45) is 17.6 Å². The topological polar surface area (TPSA) is 64.3 Å². The average molecular weight is 242 g/mol. The molecule has 4 heteroatoms. The lowest BCUT2D eigenvalue weighted by molar-refractivity contribution is -0.126. The van der Waals surface area contributed by atoms with Crippen LogP contribution in [0.4, 0.5) is 0 Å². The van der Waals surface area contributed by atoms with Gasteiger partial charge in [0.25, 0.3) is 0 Å². The van der Waals surface area contributed by atoms with Crippen molar-refractivity contribution in [2.75, 3.05) is 26.3 Å². The number of rotatable bonds is 7. The number of carbonyl (C=O) groups is 1. The zero-order chi connectivity index (χ0) is 12.5. The van der Waals surface area contributed by atoms with Gasteiger partial charge in [-0.3, -0.25) is 4.79 Å². The Balaban J connectivity index is 2.17. The van der Waals surface area contributed by atoms with Gasteiger partial charge in [0, 0.05) is 13.2 Å². The zero-order valence-corrected chi connectivity index (χ0v) is 10.9. The Morgan fingerprint density at radius 1 is 1.35 bits per heavy atom. The van der Waals surface area contributed by atoms with Crippen LogP contribution in [-0.2, 0) is 9.53 Å². The van der Waals surface area contributed by atoms with E-state index in [4.69, 9.17) is 10.5 Å². The Morgan fingerprint density at radius 3 is 2.71 bits per heavy atom. The van der Waals surface area contributed by atoms with Gasteiger partial charge in [0.1, 0.15) is 6.61 Å². The molecule has 0 heterocycles. The molecule has 0 saturated heterocycles. The van der Waals surface area contributed by atoms with Crippen LogP contribution in [0.3, 0.4) is 0 Å². The lowest BCUT2D eigenvalue weighted by Gasteiger charge is -2.30. The summed E-state index contributed by atoms with van der Waals surface area (Å²) < 4.78 is 5.20. The standard InChI is InChI=1S/C13H26N2O2/c1-2-7-17-10-13(16)15-9-12-6-4-3-5-11(12)8-14/h11-12H,2-10,14H2,1H3,(H,15,16). The number of amides is 1. The minimum Gasteiger partial charge on any atom is -0.372 e. The number of ether oxygens (including phenoxy) is 1. The van der Waals surface area contributed by atoms with Crippen molar-refractivity contribution in [3.8, 4) is 0 Å². The highest BCUT2D eigenvalue weighted by molar-refractivity contribution is 5.77. The maximum atomic E-state index is 11.5. The minimum absolute atomic E-state index is 0.000190. The lowest BCUT2D eigenvalue weighted by atomic mass is 9.79. The molecular formula is C13H26N2O2. The molecule has 4 nitrogen and oxygen atoms in total. The van der Waals surface area contributed by atoms with Crippen molar-refractivity contribution in [1.82, 2.24) is 5.32 Å². The molecule has 1 saturated carbocycles. The van der Waals surface area contributed by atoms with Crippen molar-refractivity contribution in [3.63, 3.8) is 0 Å². The smallest absolute Gasteiger partial charge is 0.246 e. The van der Waals surface area contributed by atoms with Crippen molar-refractivity contribution >= 4 is 5.91 Å². The molecule has 2 unspecified atom stereocenters. The second kappa shape index (κ2) is 8.48. The van der Waals surface area contributed by atoms with E-state index in [2.05, 4.69) is 5.32 Å². The monoisotopic (exact) mass is 242 g/mol. The molecule has 17 heavy (non-hydrogen) atoms. The third-order valence-electron chi connectivity index (χ3n) is 3.51. The van der Waals surface area contributed by atoms with Crippen molar-refractivity contribution in [2.45, 2.75) is 39.0 Å². The predicted octanol–water partition coefficient (Wildman–Crippen LogP) is 1.29. The van der Waals surface area contributed by atoms with Crippen LogP contribution in [0.15, 0.2) is 0 Å². The molecule has 100 valence electrons. The third-order valence-corrected chi connectivity index (χ3v) is 3.51. The van der Waals surface area contributed by atoms with Gasteiger partial charge in [-0.15, -0.1) is 0 Å². The van der Waals surface area contributed by atoms with Crippen LogP contribution in [0, 0.1) is 11.8 Å². The normalized spacial score (nSPS) is 24.6. The van der Waals surface area contributed by atoms with E-state index in [1.165, 1.54) is 25.7 Å². The third kappa shape index (κ3) is 5.50. The van der Waals surface area contributed by atoms with Crippen LogP contribution < -0.4 is 11.1 Å². The number of nitrogens with one attached hydrogen (secondary N) is 1. The lowest BCUT2D eigenvalue weighted by Crippen LogP contribution is -2.38. The molecule has 0 radical (unpaired) electrons. The summed E-state index contributed by atoms with van der Waals surface area (Å²) in [5.74, 6) is 1.14. The van der Waals surface area contributed by atoms with Crippen LogP contribution in [0.2, 0.25) is 0 Å². The molecule has 0 bridgehead atoms. The average Bonchev–Trinajstić information content (AvgIpc) is 2.37. The molecule has 0 aromatic heterocycles. The first-order valence-corrected chi connectivity index (χ1v) is 6.82. The minimum atomic E-state index is -0.000190. The molecule has 1 fully saturated rings. The SMILES string of the molecule is CCCOCC(=O)NCC1CCCCC1CN. The van der Waals surface area contributed by atoms with Gasteiger partial charge < -0.3 is 15.8 Å². The molecule has 1 amide bonds. The van der Waals surface area contributed by atoms with Gasteiger partial charge in [0.05, 0.1) is 0 Å². The van der Waals surface area contributed by atoms with E-state index in [0.29, 0.717) is 18.4 Å². The largest absolute Gasteiger partial charge is 0.372 e. The maximum Gasteiger partial charge on any atom is 0.246 e. The second-order valence-corrected chi connectivity index (χ2v) is 4.90. The second-order valence-electron chi connectivity index (χ2n) is 4.90. The molecule has 1 rings (SSSR count). The Morgan fingerprint density at radius 2 is 2.06 bits per heavy atom. The van der Waals surface area contributed by atoms with Gasteiger partial charge in [-0.2, -0.15) is 0 Å². The van der Waals surface area contributed by atoms with Crippen LogP contribution in [-0.4, -0.2) is 32.2 Å².